The van der Waals surface area contributed by atoms with Gasteiger partial charge in [0.2, 0.25) is 0 Å². The Morgan fingerprint density at radius 2 is 1.37 bits per heavy atom. The molecular formula is C12H15N5O2. The molecule has 0 unspecified atom stereocenters. The van der Waals surface area contributed by atoms with E-state index in [9.17, 15) is 10.1 Å². The van der Waals surface area contributed by atoms with Gasteiger partial charge in [0, 0.05) is 5.69 Å². The van der Waals surface area contributed by atoms with Crippen LogP contribution in [-0.2, 0) is 0 Å². The summed E-state index contributed by atoms with van der Waals surface area (Å²) in [4.78, 5) is 9.73. The first-order valence-electron chi connectivity index (χ1n) is 5.31. The molecule has 0 amide bonds. The second-order valence-corrected chi connectivity index (χ2v) is 3.67. The van der Waals surface area contributed by atoms with Crippen molar-refractivity contribution in [3.63, 3.8) is 0 Å². The summed E-state index contributed by atoms with van der Waals surface area (Å²) in [5, 5.41) is 10.4. The summed E-state index contributed by atoms with van der Waals surface area (Å²) in [6.45, 7) is 0. The van der Waals surface area contributed by atoms with E-state index in [-0.39, 0.29) is 22.7 Å². The van der Waals surface area contributed by atoms with Crippen molar-refractivity contribution in [2.45, 2.75) is 0 Å². The first-order chi connectivity index (χ1) is 8.93. The zero-order valence-electron chi connectivity index (χ0n) is 10.1. The second-order valence-electron chi connectivity index (χ2n) is 3.67. The van der Waals surface area contributed by atoms with E-state index < -0.39 is 4.92 Å². The van der Waals surface area contributed by atoms with Gasteiger partial charge in [0.15, 0.2) is 0 Å². The van der Waals surface area contributed by atoms with E-state index in [1.165, 1.54) is 12.1 Å². The number of rotatable bonds is 1. The summed E-state index contributed by atoms with van der Waals surface area (Å²) < 4.78 is 0. The van der Waals surface area contributed by atoms with E-state index in [2.05, 4.69) is 0 Å². The molecule has 0 aromatic heterocycles. The molecule has 0 aliphatic heterocycles. The third-order valence-corrected chi connectivity index (χ3v) is 2.26. The average molecular weight is 261 g/mol. The first-order valence-corrected chi connectivity index (χ1v) is 5.31. The summed E-state index contributed by atoms with van der Waals surface area (Å²) in [6.07, 6.45) is 0. The Bertz CT molecular complexity index is 572. The van der Waals surface area contributed by atoms with Gasteiger partial charge in [-0.05, 0) is 24.3 Å². The van der Waals surface area contributed by atoms with Gasteiger partial charge in [-0.25, -0.2) is 0 Å². The molecule has 19 heavy (non-hydrogen) atoms. The molecule has 2 aromatic carbocycles. The zero-order valence-corrected chi connectivity index (χ0v) is 10.1. The number of nitrogens with zero attached hydrogens (tertiary/aromatic N) is 1. The molecule has 8 N–H and O–H groups in total. The normalized spacial score (nSPS) is 9.26. The van der Waals surface area contributed by atoms with Crippen LogP contribution in [0.4, 0.5) is 28.4 Å². The van der Waals surface area contributed by atoms with Gasteiger partial charge in [0.1, 0.15) is 11.4 Å². The van der Waals surface area contributed by atoms with Crippen LogP contribution in [0.5, 0.6) is 0 Å². The minimum Gasteiger partial charge on any atom is -0.399 e. The van der Waals surface area contributed by atoms with Crippen LogP contribution >= 0.6 is 0 Å². The average Bonchev–Trinajstić information content (AvgIpc) is 2.36. The molecule has 2 rings (SSSR count). The molecular weight excluding hydrogens is 246 g/mol. The van der Waals surface area contributed by atoms with Crippen LogP contribution in [0.15, 0.2) is 42.5 Å². The number of hydrogen-bond donors (Lipinski definition) is 4. The molecule has 2 aromatic rings. The maximum Gasteiger partial charge on any atom is 0.316 e. The molecule has 0 atom stereocenters. The van der Waals surface area contributed by atoms with Crippen LogP contribution in [0.1, 0.15) is 0 Å². The number of nitro benzene ring substituents is 1. The maximum absolute atomic E-state index is 10.4. The fraction of sp³-hybridized carbons (Fsp3) is 0. The van der Waals surface area contributed by atoms with Gasteiger partial charge in [0.05, 0.1) is 10.6 Å². The smallest absolute Gasteiger partial charge is 0.316 e. The predicted molar refractivity (Wildman–Crippen MR) is 77.2 cm³/mol. The van der Waals surface area contributed by atoms with Crippen LogP contribution in [0.25, 0.3) is 0 Å². The molecule has 0 spiro atoms. The summed E-state index contributed by atoms with van der Waals surface area (Å²) >= 11 is 0. The third kappa shape index (κ3) is 3.77. The highest BCUT2D eigenvalue weighted by molar-refractivity contribution is 5.82. The van der Waals surface area contributed by atoms with Gasteiger partial charge in [-0.2, -0.15) is 0 Å². The van der Waals surface area contributed by atoms with Crippen molar-refractivity contribution >= 4 is 28.4 Å². The SMILES string of the molecule is Nc1ccc(N)c([N+](=O)[O-])c1N.Nc1ccccc1. The van der Waals surface area contributed by atoms with Gasteiger partial charge in [-0.1, -0.05) is 18.2 Å². The molecule has 0 aliphatic carbocycles. The molecule has 100 valence electrons. The third-order valence-electron chi connectivity index (χ3n) is 2.26. The Hall–Kier alpha value is -2.96. The number of hydrogen-bond acceptors (Lipinski definition) is 6. The minimum atomic E-state index is -0.652. The van der Waals surface area contributed by atoms with Gasteiger partial charge in [-0.15, -0.1) is 0 Å². The topological polar surface area (TPSA) is 147 Å². The maximum atomic E-state index is 10.4. The Balaban J connectivity index is 0.000000218. The number of nitrogens with two attached hydrogens (primary N) is 4. The van der Waals surface area contributed by atoms with Crippen LogP contribution in [0.3, 0.4) is 0 Å². The largest absolute Gasteiger partial charge is 0.399 e. The van der Waals surface area contributed by atoms with Crippen molar-refractivity contribution in [3.05, 3.63) is 52.6 Å². The standard InChI is InChI=1S/C6H8N4O2.C6H7N/c7-3-1-2-4(8)6(5(3)9)10(11)12;7-6-4-2-1-3-5-6/h1-2H,7-9H2;1-5H,7H2. The number of nitro groups is 1. The minimum absolute atomic E-state index is 0.0201. The molecule has 0 aliphatic rings. The van der Waals surface area contributed by atoms with Crippen molar-refractivity contribution in [2.75, 3.05) is 22.9 Å². The Morgan fingerprint density at radius 1 is 0.842 bits per heavy atom. The Morgan fingerprint density at radius 3 is 1.74 bits per heavy atom. The van der Waals surface area contributed by atoms with Crippen molar-refractivity contribution in [2.24, 2.45) is 0 Å². The summed E-state index contributed by atoms with van der Waals surface area (Å²) in [5.74, 6) is 0. The van der Waals surface area contributed by atoms with E-state index in [1.54, 1.807) is 0 Å². The molecule has 0 bridgehead atoms. The monoisotopic (exact) mass is 261 g/mol. The molecule has 0 saturated heterocycles. The van der Waals surface area contributed by atoms with Gasteiger partial charge < -0.3 is 22.9 Å². The molecule has 0 radical (unpaired) electrons. The van der Waals surface area contributed by atoms with E-state index in [0.717, 1.165) is 5.69 Å². The summed E-state index contributed by atoms with van der Waals surface area (Å²) in [5.41, 5.74) is 21.9. The predicted octanol–water partition coefficient (Wildman–Crippen LogP) is 1.61. The van der Waals surface area contributed by atoms with E-state index in [0.29, 0.717) is 0 Å². The van der Waals surface area contributed by atoms with Crippen LogP contribution < -0.4 is 22.9 Å². The Labute approximate surface area is 110 Å². The van der Waals surface area contributed by atoms with Crippen molar-refractivity contribution < 1.29 is 4.92 Å². The molecule has 0 heterocycles. The number of nitrogen functional groups attached to an aromatic ring is 4. The quantitative estimate of drug-likeness (QED) is 0.348. The molecule has 7 nitrogen and oxygen atoms in total. The van der Waals surface area contributed by atoms with Crippen LogP contribution in [-0.4, -0.2) is 4.92 Å². The number of benzene rings is 2. The fourth-order valence-corrected chi connectivity index (χ4v) is 1.30. The lowest BCUT2D eigenvalue weighted by Gasteiger charge is -2.02. The first kappa shape index (κ1) is 14.1. The second kappa shape index (κ2) is 6.10. The van der Waals surface area contributed by atoms with Gasteiger partial charge in [0.25, 0.3) is 0 Å². The fourth-order valence-electron chi connectivity index (χ4n) is 1.30. The molecule has 0 fully saturated rings. The van der Waals surface area contributed by atoms with Gasteiger partial charge >= 0.3 is 5.69 Å². The lowest BCUT2D eigenvalue weighted by Crippen LogP contribution is -2.03. The zero-order chi connectivity index (χ0) is 14.4. The van der Waals surface area contributed by atoms with E-state index in [4.69, 9.17) is 22.9 Å². The van der Waals surface area contributed by atoms with E-state index >= 15 is 0 Å². The lowest BCUT2D eigenvalue weighted by molar-refractivity contribution is -0.382. The van der Waals surface area contributed by atoms with Crippen LogP contribution in [0.2, 0.25) is 0 Å². The lowest BCUT2D eigenvalue weighted by atomic mass is 10.2. The van der Waals surface area contributed by atoms with Crippen molar-refractivity contribution in [3.8, 4) is 0 Å². The Kier molecular flexibility index (Phi) is 4.53. The van der Waals surface area contributed by atoms with E-state index in [1.807, 2.05) is 30.3 Å². The highest BCUT2D eigenvalue weighted by Gasteiger charge is 2.17. The van der Waals surface area contributed by atoms with Crippen molar-refractivity contribution in [1.29, 1.82) is 0 Å². The molecule has 0 saturated carbocycles. The number of para-hydroxylation sites is 1. The number of anilines is 4. The van der Waals surface area contributed by atoms with Gasteiger partial charge in [-0.3, -0.25) is 10.1 Å². The van der Waals surface area contributed by atoms with Crippen molar-refractivity contribution in [1.82, 2.24) is 0 Å². The van der Waals surface area contributed by atoms with Crippen LogP contribution in [0, 0.1) is 10.1 Å². The summed E-state index contributed by atoms with van der Waals surface area (Å²) in [7, 11) is 0. The highest BCUT2D eigenvalue weighted by Crippen LogP contribution is 2.32. The highest BCUT2D eigenvalue weighted by atomic mass is 16.6. The summed E-state index contributed by atoms with van der Waals surface area (Å²) in [6, 6.07) is 12.3. The molecule has 7 heteroatoms.